The predicted octanol–water partition coefficient (Wildman–Crippen LogP) is -0.452. The Labute approximate surface area is 187 Å². The van der Waals surface area contributed by atoms with E-state index in [2.05, 4.69) is 25.5 Å². The van der Waals surface area contributed by atoms with Crippen molar-refractivity contribution in [1.82, 2.24) is 19.5 Å². The molecular weight excluding hydrogens is 434 g/mol. The van der Waals surface area contributed by atoms with Gasteiger partial charge in [0.05, 0.1) is 19.4 Å². The van der Waals surface area contributed by atoms with Gasteiger partial charge in [-0.1, -0.05) is 19.1 Å². The van der Waals surface area contributed by atoms with Crippen LogP contribution in [0.15, 0.2) is 34.2 Å². The lowest BCUT2D eigenvalue weighted by Crippen LogP contribution is -2.33. The van der Waals surface area contributed by atoms with Crippen LogP contribution in [0.1, 0.15) is 25.1 Å². The van der Waals surface area contributed by atoms with Gasteiger partial charge < -0.3 is 30.5 Å². The van der Waals surface area contributed by atoms with Crippen molar-refractivity contribution in [2.75, 3.05) is 24.4 Å². The van der Waals surface area contributed by atoms with Crippen LogP contribution in [0.2, 0.25) is 0 Å². The van der Waals surface area contributed by atoms with Crippen molar-refractivity contribution < 1.29 is 24.8 Å². The Morgan fingerprint density at radius 2 is 2.12 bits per heavy atom. The number of aliphatic hydroxyl groups excluding tert-OH is 3. The molecule has 3 heterocycles. The number of aliphatic hydroxyl groups is 3. The van der Waals surface area contributed by atoms with Crippen molar-refractivity contribution in [3.05, 3.63) is 40.2 Å². The SMILES string of the molecule is CCCOc1ccccc1/C=N\Nc1nc2c(=O)[nH]c(N)nc2n1[C@H]1O[C@@H](CO)[C@@H](O)[C@@H]1O. The molecule has 0 radical (unpaired) electrons. The Morgan fingerprint density at radius 3 is 2.85 bits per heavy atom. The van der Waals surface area contributed by atoms with Gasteiger partial charge in [-0.25, -0.2) is 10.4 Å². The van der Waals surface area contributed by atoms with E-state index < -0.39 is 36.7 Å². The first kappa shape index (κ1) is 22.7. The minimum Gasteiger partial charge on any atom is -0.493 e. The number of nitrogens with two attached hydrogens (primary N) is 1. The Hall–Kier alpha value is -3.52. The number of nitrogens with zero attached hydrogens (tertiary/aromatic N) is 4. The molecule has 0 spiro atoms. The van der Waals surface area contributed by atoms with Crippen molar-refractivity contribution in [3.8, 4) is 5.75 Å². The van der Waals surface area contributed by atoms with E-state index in [1.807, 2.05) is 31.2 Å². The summed E-state index contributed by atoms with van der Waals surface area (Å²) in [6.45, 7) is 2.03. The van der Waals surface area contributed by atoms with Gasteiger partial charge in [0, 0.05) is 5.56 Å². The average molecular weight is 459 g/mol. The molecule has 176 valence electrons. The first-order valence-electron chi connectivity index (χ1n) is 10.4. The van der Waals surface area contributed by atoms with Crippen molar-refractivity contribution in [2.45, 2.75) is 37.9 Å². The third kappa shape index (κ3) is 4.39. The number of anilines is 2. The number of imidazole rings is 1. The number of aromatic nitrogens is 4. The number of nitrogens with one attached hydrogen (secondary N) is 2. The Balaban J connectivity index is 1.71. The van der Waals surface area contributed by atoms with Gasteiger partial charge in [0.15, 0.2) is 17.4 Å². The van der Waals surface area contributed by atoms with Crippen LogP contribution < -0.4 is 21.5 Å². The third-order valence-corrected chi connectivity index (χ3v) is 5.09. The Bertz CT molecular complexity index is 1210. The number of hydrogen-bond acceptors (Lipinski definition) is 11. The molecular formula is C20H25N7O6. The fourth-order valence-corrected chi connectivity index (χ4v) is 3.50. The van der Waals surface area contributed by atoms with Gasteiger partial charge in [-0.05, 0) is 18.6 Å². The van der Waals surface area contributed by atoms with Gasteiger partial charge in [-0.2, -0.15) is 10.1 Å². The highest BCUT2D eigenvalue weighted by Gasteiger charge is 2.45. The summed E-state index contributed by atoms with van der Waals surface area (Å²) in [6, 6.07) is 7.32. The minimum atomic E-state index is -1.44. The molecule has 13 nitrogen and oxygen atoms in total. The minimum absolute atomic E-state index is 0.00616. The molecule has 33 heavy (non-hydrogen) atoms. The number of ether oxygens (including phenoxy) is 2. The lowest BCUT2D eigenvalue weighted by molar-refractivity contribution is -0.0501. The molecule has 4 rings (SSSR count). The summed E-state index contributed by atoms with van der Waals surface area (Å²) in [5.74, 6) is 0.483. The monoisotopic (exact) mass is 459 g/mol. The van der Waals surface area contributed by atoms with Crippen LogP contribution in [-0.4, -0.2) is 72.6 Å². The second-order valence-electron chi connectivity index (χ2n) is 7.41. The number of rotatable bonds is 8. The first-order chi connectivity index (χ1) is 15.9. The van der Waals surface area contributed by atoms with E-state index in [0.717, 1.165) is 6.42 Å². The number of H-pyrrole nitrogens is 1. The summed E-state index contributed by atoms with van der Waals surface area (Å²) in [7, 11) is 0. The molecule has 1 saturated heterocycles. The van der Waals surface area contributed by atoms with E-state index >= 15 is 0 Å². The van der Waals surface area contributed by atoms with Crippen molar-refractivity contribution in [3.63, 3.8) is 0 Å². The van der Waals surface area contributed by atoms with E-state index in [4.69, 9.17) is 15.2 Å². The largest absolute Gasteiger partial charge is 0.493 e. The summed E-state index contributed by atoms with van der Waals surface area (Å²) >= 11 is 0. The zero-order valence-corrected chi connectivity index (χ0v) is 17.8. The summed E-state index contributed by atoms with van der Waals surface area (Å²) < 4.78 is 12.6. The van der Waals surface area contributed by atoms with Crippen LogP contribution in [0.4, 0.5) is 11.9 Å². The standard InChI is InChI=1S/C20H25N7O6/c1-2-7-32-11-6-4-3-5-10(11)8-22-26-20-23-13-16(24-19(21)25-17(13)31)27(20)18-15(30)14(29)12(9-28)33-18/h3-6,8,12,14-15,18,28-30H,2,7,9H2,1H3,(H,23,26)(H3,21,24,25,31)/b22-8-/t12-,14+,15-,18-/m0/s1. The zero-order valence-electron chi connectivity index (χ0n) is 17.8. The molecule has 3 aromatic rings. The number of fused-ring (bicyclic) bond motifs is 1. The van der Waals surface area contributed by atoms with Crippen molar-refractivity contribution in [2.24, 2.45) is 5.10 Å². The van der Waals surface area contributed by atoms with Gasteiger partial charge in [0.2, 0.25) is 11.9 Å². The number of benzene rings is 1. The van der Waals surface area contributed by atoms with E-state index in [-0.39, 0.29) is 23.1 Å². The lowest BCUT2D eigenvalue weighted by atomic mass is 10.1. The highest BCUT2D eigenvalue weighted by atomic mass is 16.6. The first-order valence-corrected chi connectivity index (χ1v) is 10.4. The number of hydrazone groups is 1. The van der Waals surface area contributed by atoms with E-state index in [9.17, 15) is 20.1 Å². The van der Waals surface area contributed by atoms with Crippen LogP contribution in [0.5, 0.6) is 5.75 Å². The summed E-state index contributed by atoms with van der Waals surface area (Å²) in [6.07, 6.45) is -2.69. The third-order valence-electron chi connectivity index (χ3n) is 5.09. The molecule has 1 aromatic carbocycles. The van der Waals surface area contributed by atoms with Crippen molar-refractivity contribution in [1.29, 1.82) is 0 Å². The lowest BCUT2D eigenvalue weighted by Gasteiger charge is -2.18. The molecule has 0 bridgehead atoms. The number of aromatic amines is 1. The number of nitrogen functional groups attached to an aromatic ring is 1. The molecule has 1 aliphatic heterocycles. The van der Waals surface area contributed by atoms with Crippen LogP contribution >= 0.6 is 0 Å². The summed E-state index contributed by atoms with van der Waals surface area (Å²) in [5.41, 5.74) is 8.44. The smallest absolute Gasteiger partial charge is 0.280 e. The van der Waals surface area contributed by atoms with Crippen LogP contribution in [0.3, 0.4) is 0 Å². The molecule has 1 aliphatic rings. The molecule has 7 N–H and O–H groups in total. The maximum Gasteiger partial charge on any atom is 0.280 e. The fourth-order valence-electron chi connectivity index (χ4n) is 3.50. The van der Waals surface area contributed by atoms with Crippen LogP contribution in [-0.2, 0) is 4.74 Å². The molecule has 0 aliphatic carbocycles. The number of para-hydroxylation sites is 1. The van der Waals surface area contributed by atoms with Gasteiger partial charge in [0.1, 0.15) is 24.1 Å². The molecule has 13 heteroatoms. The summed E-state index contributed by atoms with van der Waals surface area (Å²) in [5, 5.41) is 34.3. The predicted molar refractivity (Wildman–Crippen MR) is 119 cm³/mol. The van der Waals surface area contributed by atoms with Gasteiger partial charge >= 0.3 is 0 Å². The maximum absolute atomic E-state index is 12.4. The van der Waals surface area contributed by atoms with Crippen LogP contribution in [0.25, 0.3) is 11.2 Å². The van der Waals surface area contributed by atoms with E-state index in [1.165, 1.54) is 10.8 Å². The maximum atomic E-state index is 12.4. The van der Waals surface area contributed by atoms with E-state index in [1.54, 1.807) is 0 Å². The topological polar surface area (TPSA) is 193 Å². The van der Waals surface area contributed by atoms with Gasteiger partial charge in [0.25, 0.3) is 5.56 Å². The quantitative estimate of drug-likeness (QED) is 0.190. The van der Waals surface area contributed by atoms with Crippen LogP contribution in [0, 0.1) is 0 Å². The molecule has 4 atom stereocenters. The molecule has 0 unspecified atom stereocenters. The number of hydrogen-bond donors (Lipinski definition) is 6. The molecule has 1 fully saturated rings. The van der Waals surface area contributed by atoms with Crippen molar-refractivity contribution >= 4 is 29.3 Å². The molecule has 2 aromatic heterocycles. The highest BCUT2D eigenvalue weighted by molar-refractivity contribution is 5.84. The Kier molecular flexibility index (Phi) is 6.55. The molecule has 0 amide bonds. The second-order valence-corrected chi connectivity index (χ2v) is 7.41. The average Bonchev–Trinajstić information content (AvgIpc) is 3.30. The Morgan fingerprint density at radius 1 is 1.33 bits per heavy atom. The zero-order chi connectivity index (χ0) is 23.5. The normalized spacial score (nSPS) is 22.9. The highest BCUT2D eigenvalue weighted by Crippen LogP contribution is 2.34. The molecule has 0 saturated carbocycles. The second kappa shape index (κ2) is 9.54. The fraction of sp³-hybridized carbons (Fsp3) is 0.400. The van der Waals surface area contributed by atoms with E-state index in [0.29, 0.717) is 17.9 Å². The summed E-state index contributed by atoms with van der Waals surface area (Å²) in [4.78, 5) is 23.0. The van der Waals surface area contributed by atoms with Gasteiger partial charge in [-0.15, -0.1) is 0 Å². The van der Waals surface area contributed by atoms with Gasteiger partial charge in [-0.3, -0.25) is 14.3 Å².